The number of ether oxygens (including phenoxy) is 2. The summed E-state index contributed by atoms with van der Waals surface area (Å²) in [5.41, 5.74) is 2.34. The van der Waals surface area contributed by atoms with E-state index in [-0.39, 0.29) is 12.4 Å². The number of hydrogen-bond donors (Lipinski definition) is 0. The Bertz CT molecular complexity index is 733. The number of aromatic nitrogens is 2. The standard InChI is InChI=1S/C16H15ClN2O3/c1-3-21-15(20)7-14-12-8-18-9(2)19-16(12)11-6-10(17)4-5-13(11)22-14/h4-6,8,14H,3,7H2,1-2H3. The highest BCUT2D eigenvalue weighted by molar-refractivity contribution is 6.31. The van der Waals surface area contributed by atoms with Gasteiger partial charge in [0.25, 0.3) is 0 Å². The average molecular weight is 319 g/mol. The smallest absolute Gasteiger partial charge is 0.309 e. The monoisotopic (exact) mass is 318 g/mol. The minimum atomic E-state index is -0.455. The molecule has 0 radical (unpaired) electrons. The molecular formula is C16H15ClN2O3. The van der Waals surface area contributed by atoms with Crippen LogP contribution in [0.5, 0.6) is 5.75 Å². The van der Waals surface area contributed by atoms with E-state index < -0.39 is 6.10 Å². The summed E-state index contributed by atoms with van der Waals surface area (Å²) >= 11 is 6.07. The summed E-state index contributed by atoms with van der Waals surface area (Å²) in [6.07, 6.45) is 1.36. The fourth-order valence-corrected chi connectivity index (χ4v) is 2.63. The maximum atomic E-state index is 11.8. The third-order valence-corrected chi connectivity index (χ3v) is 3.64. The molecule has 6 heteroatoms. The van der Waals surface area contributed by atoms with Crippen LogP contribution >= 0.6 is 11.6 Å². The summed E-state index contributed by atoms with van der Waals surface area (Å²) in [5, 5.41) is 0.605. The Labute approximate surface area is 133 Å². The van der Waals surface area contributed by atoms with E-state index in [1.54, 1.807) is 25.3 Å². The molecule has 22 heavy (non-hydrogen) atoms. The molecule has 1 aliphatic heterocycles. The van der Waals surface area contributed by atoms with Crippen molar-refractivity contribution in [2.24, 2.45) is 0 Å². The molecule has 0 saturated carbocycles. The summed E-state index contributed by atoms with van der Waals surface area (Å²) < 4.78 is 10.9. The van der Waals surface area contributed by atoms with Crippen molar-refractivity contribution >= 4 is 17.6 Å². The van der Waals surface area contributed by atoms with Gasteiger partial charge in [0.2, 0.25) is 0 Å². The Morgan fingerprint density at radius 3 is 3.05 bits per heavy atom. The van der Waals surface area contributed by atoms with E-state index in [2.05, 4.69) is 9.97 Å². The first-order valence-electron chi connectivity index (χ1n) is 7.04. The number of hydrogen-bond acceptors (Lipinski definition) is 5. The van der Waals surface area contributed by atoms with Crippen LogP contribution in [-0.2, 0) is 9.53 Å². The van der Waals surface area contributed by atoms with E-state index >= 15 is 0 Å². The van der Waals surface area contributed by atoms with Gasteiger partial charge in [-0.1, -0.05) is 11.6 Å². The Kier molecular flexibility index (Phi) is 3.98. The molecule has 5 nitrogen and oxygen atoms in total. The normalized spacial score (nSPS) is 15.5. The van der Waals surface area contributed by atoms with Gasteiger partial charge in [0.05, 0.1) is 18.7 Å². The molecule has 1 aromatic heterocycles. The minimum absolute atomic E-state index is 0.120. The average Bonchev–Trinajstić information content (AvgIpc) is 2.48. The summed E-state index contributed by atoms with van der Waals surface area (Å²) in [6, 6.07) is 5.35. The lowest BCUT2D eigenvalue weighted by Crippen LogP contribution is -2.20. The van der Waals surface area contributed by atoms with Crippen LogP contribution in [-0.4, -0.2) is 22.5 Å². The molecule has 0 spiro atoms. The molecule has 2 aromatic rings. The molecule has 0 N–H and O–H groups in total. The van der Waals surface area contributed by atoms with Crippen molar-refractivity contribution in [2.75, 3.05) is 6.61 Å². The molecular weight excluding hydrogens is 304 g/mol. The van der Waals surface area contributed by atoms with Gasteiger partial charge in [0, 0.05) is 22.3 Å². The second kappa shape index (κ2) is 5.93. The molecule has 0 amide bonds. The Morgan fingerprint density at radius 1 is 1.45 bits per heavy atom. The third kappa shape index (κ3) is 2.76. The van der Waals surface area contributed by atoms with Gasteiger partial charge < -0.3 is 9.47 Å². The number of carbonyl (C=O) groups excluding carboxylic acids is 1. The zero-order chi connectivity index (χ0) is 15.7. The van der Waals surface area contributed by atoms with E-state index in [0.717, 1.165) is 16.8 Å². The van der Waals surface area contributed by atoms with Crippen LogP contribution < -0.4 is 4.74 Å². The van der Waals surface area contributed by atoms with Gasteiger partial charge in [0.1, 0.15) is 17.7 Å². The van der Waals surface area contributed by atoms with Gasteiger partial charge in [-0.05, 0) is 32.0 Å². The second-order valence-electron chi connectivity index (χ2n) is 4.98. The quantitative estimate of drug-likeness (QED) is 0.811. The molecule has 0 aliphatic carbocycles. The van der Waals surface area contributed by atoms with Crippen molar-refractivity contribution in [3.8, 4) is 17.0 Å². The van der Waals surface area contributed by atoms with E-state index in [1.165, 1.54) is 0 Å². The summed E-state index contributed by atoms with van der Waals surface area (Å²) in [4.78, 5) is 20.5. The molecule has 1 aromatic carbocycles. The first kappa shape index (κ1) is 14.8. The van der Waals surface area contributed by atoms with Crippen molar-refractivity contribution in [3.05, 3.63) is 40.8 Å². The second-order valence-corrected chi connectivity index (χ2v) is 5.41. The molecule has 3 rings (SSSR count). The van der Waals surface area contributed by atoms with Crippen molar-refractivity contribution in [1.29, 1.82) is 0 Å². The van der Waals surface area contributed by atoms with Crippen LogP contribution in [0.15, 0.2) is 24.4 Å². The molecule has 114 valence electrons. The lowest BCUT2D eigenvalue weighted by Gasteiger charge is -2.27. The lowest BCUT2D eigenvalue weighted by atomic mass is 9.97. The van der Waals surface area contributed by atoms with Crippen LogP contribution in [0.1, 0.15) is 30.8 Å². The highest BCUT2D eigenvalue weighted by atomic mass is 35.5. The first-order valence-corrected chi connectivity index (χ1v) is 7.42. The summed E-state index contributed by atoms with van der Waals surface area (Å²) in [6.45, 7) is 3.94. The molecule has 1 aliphatic rings. The van der Waals surface area contributed by atoms with Crippen LogP contribution in [0.2, 0.25) is 5.02 Å². The predicted octanol–water partition coefficient (Wildman–Crippen LogP) is 3.49. The minimum Gasteiger partial charge on any atom is -0.484 e. The van der Waals surface area contributed by atoms with Gasteiger partial charge in [-0.15, -0.1) is 0 Å². The third-order valence-electron chi connectivity index (χ3n) is 3.41. The van der Waals surface area contributed by atoms with Gasteiger partial charge >= 0.3 is 5.97 Å². The summed E-state index contributed by atoms with van der Waals surface area (Å²) in [5.74, 6) is 1.00. The fraction of sp³-hybridized carbons (Fsp3) is 0.312. The van der Waals surface area contributed by atoms with Gasteiger partial charge in [-0.2, -0.15) is 0 Å². The van der Waals surface area contributed by atoms with E-state index in [9.17, 15) is 4.79 Å². The number of aryl methyl sites for hydroxylation is 1. The zero-order valence-corrected chi connectivity index (χ0v) is 13.1. The van der Waals surface area contributed by atoms with Crippen molar-refractivity contribution in [3.63, 3.8) is 0 Å². The maximum absolute atomic E-state index is 11.8. The predicted molar refractivity (Wildman–Crippen MR) is 81.8 cm³/mol. The number of halogens is 1. The number of nitrogens with zero attached hydrogens (tertiary/aromatic N) is 2. The van der Waals surface area contributed by atoms with Crippen molar-refractivity contribution in [1.82, 2.24) is 9.97 Å². The molecule has 0 saturated heterocycles. The van der Waals surface area contributed by atoms with Crippen molar-refractivity contribution < 1.29 is 14.3 Å². The van der Waals surface area contributed by atoms with E-state index in [0.29, 0.717) is 23.2 Å². The van der Waals surface area contributed by atoms with E-state index in [4.69, 9.17) is 21.1 Å². The number of carbonyl (C=O) groups is 1. The molecule has 0 bridgehead atoms. The number of benzene rings is 1. The Hall–Kier alpha value is -2.14. The van der Waals surface area contributed by atoms with Crippen LogP contribution in [0.4, 0.5) is 0 Å². The molecule has 0 fully saturated rings. The number of esters is 1. The number of rotatable bonds is 3. The van der Waals surface area contributed by atoms with Crippen LogP contribution in [0.3, 0.4) is 0 Å². The highest BCUT2D eigenvalue weighted by Gasteiger charge is 2.30. The van der Waals surface area contributed by atoms with Crippen LogP contribution in [0.25, 0.3) is 11.3 Å². The van der Waals surface area contributed by atoms with E-state index in [1.807, 2.05) is 13.0 Å². The molecule has 2 heterocycles. The lowest BCUT2D eigenvalue weighted by molar-refractivity contribution is -0.145. The van der Waals surface area contributed by atoms with Crippen LogP contribution in [0, 0.1) is 6.92 Å². The zero-order valence-electron chi connectivity index (χ0n) is 12.3. The molecule has 1 atom stereocenters. The largest absolute Gasteiger partial charge is 0.484 e. The number of fused-ring (bicyclic) bond motifs is 3. The van der Waals surface area contributed by atoms with Gasteiger partial charge in [-0.25, -0.2) is 9.97 Å². The maximum Gasteiger partial charge on any atom is 0.309 e. The Balaban J connectivity index is 2.04. The van der Waals surface area contributed by atoms with Crippen molar-refractivity contribution in [2.45, 2.75) is 26.4 Å². The van der Waals surface area contributed by atoms with Gasteiger partial charge in [-0.3, -0.25) is 4.79 Å². The highest BCUT2D eigenvalue weighted by Crippen LogP contribution is 2.43. The Morgan fingerprint density at radius 2 is 2.27 bits per heavy atom. The van der Waals surface area contributed by atoms with Gasteiger partial charge in [0.15, 0.2) is 0 Å². The topological polar surface area (TPSA) is 61.3 Å². The summed E-state index contributed by atoms with van der Waals surface area (Å²) in [7, 11) is 0. The fourth-order valence-electron chi connectivity index (χ4n) is 2.46. The SMILES string of the molecule is CCOC(=O)CC1Oc2ccc(Cl)cc2-c2nc(C)ncc21. The molecule has 1 unspecified atom stereocenters. The first-order chi connectivity index (χ1) is 10.6.